The maximum Gasteiger partial charge on any atom is 0.0607 e. The molecule has 1 unspecified atom stereocenters. The number of thioether (sulfide) groups is 1. The highest BCUT2D eigenvalue weighted by molar-refractivity contribution is 7.98. The van der Waals surface area contributed by atoms with Gasteiger partial charge in [0.2, 0.25) is 0 Å². The standard InChI is InChI=1S/C18H22N2S/c1-13-8-9-15(10-18(13)20(2)3)19-17-12-21-11-14-6-4-5-7-16(14)17/h4-10,17,19H,11-12H2,1-3H3. The maximum absolute atomic E-state index is 3.71. The van der Waals surface area contributed by atoms with Gasteiger partial charge in [-0.15, -0.1) is 0 Å². The number of benzene rings is 2. The van der Waals surface area contributed by atoms with Crippen LogP contribution in [-0.4, -0.2) is 19.8 Å². The molecule has 1 aliphatic rings. The number of nitrogens with one attached hydrogen (secondary N) is 1. The molecule has 0 aromatic heterocycles. The monoisotopic (exact) mass is 298 g/mol. The zero-order valence-electron chi connectivity index (χ0n) is 12.9. The van der Waals surface area contributed by atoms with E-state index < -0.39 is 0 Å². The molecule has 0 amide bonds. The molecule has 110 valence electrons. The molecule has 0 bridgehead atoms. The Morgan fingerprint density at radius 2 is 1.95 bits per heavy atom. The molecule has 21 heavy (non-hydrogen) atoms. The fraction of sp³-hybridized carbons (Fsp3) is 0.333. The van der Waals surface area contributed by atoms with Crippen molar-refractivity contribution in [2.45, 2.75) is 18.7 Å². The molecular formula is C18H22N2S. The van der Waals surface area contributed by atoms with Crippen LogP contribution in [0.15, 0.2) is 42.5 Å². The normalized spacial score (nSPS) is 17.2. The maximum atomic E-state index is 3.71. The molecule has 0 fully saturated rings. The predicted molar refractivity (Wildman–Crippen MR) is 94.5 cm³/mol. The fourth-order valence-corrected chi connectivity index (χ4v) is 3.98. The molecule has 3 rings (SSSR count). The lowest BCUT2D eigenvalue weighted by atomic mass is 10.0. The Morgan fingerprint density at radius 3 is 2.76 bits per heavy atom. The summed E-state index contributed by atoms with van der Waals surface area (Å²) in [6, 6.07) is 15.8. The van der Waals surface area contributed by atoms with Crippen LogP contribution < -0.4 is 10.2 Å². The van der Waals surface area contributed by atoms with E-state index in [1.54, 1.807) is 0 Å². The molecule has 1 aliphatic heterocycles. The molecule has 0 saturated heterocycles. The van der Waals surface area contributed by atoms with Gasteiger partial charge in [0.1, 0.15) is 0 Å². The molecule has 0 aliphatic carbocycles. The molecule has 1 heterocycles. The van der Waals surface area contributed by atoms with Gasteiger partial charge in [-0.2, -0.15) is 11.8 Å². The van der Waals surface area contributed by atoms with Crippen LogP contribution in [0.5, 0.6) is 0 Å². The molecule has 2 nitrogen and oxygen atoms in total. The van der Waals surface area contributed by atoms with E-state index in [-0.39, 0.29) is 0 Å². The lowest BCUT2D eigenvalue weighted by molar-refractivity contribution is 0.871. The van der Waals surface area contributed by atoms with Crippen molar-refractivity contribution in [1.29, 1.82) is 0 Å². The molecule has 2 aromatic rings. The number of hydrogen-bond donors (Lipinski definition) is 1. The van der Waals surface area contributed by atoms with Crippen molar-refractivity contribution >= 4 is 23.1 Å². The lowest BCUT2D eigenvalue weighted by Gasteiger charge is -2.27. The zero-order chi connectivity index (χ0) is 14.8. The van der Waals surface area contributed by atoms with Gasteiger partial charge < -0.3 is 10.2 Å². The Bertz CT molecular complexity index is 637. The molecular weight excluding hydrogens is 276 g/mol. The first-order valence-corrected chi connectivity index (χ1v) is 8.50. The van der Waals surface area contributed by atoms with Crippen LogP contribution in [0.25, 0.3) is 0 Å². The van der Waals surface area contributed by atoms with Crippen molar-refractivity contribution in [3.8, 4) is 0 Å². The third kappa shape index (κ3) is 3.03. The average Bonchev–Trinajstić information content (AvgIpc) is 2.49. The smallest absolute Gasteiger partial charge is 0.0607 e. The first-order chi connectivity index (χ1) is 10.1. The second-order valence-electron chi connectivity index (χ2n) is 5.81. The largest absolute Gasteiger partial charge is 0.377 e. The second-order valence-corrected chi connectivity index (χ2v) is 6.84. The van der Waals surface area contributed by atoms with Gasteiger partial charge in [-0.05, 0) is 35.7 Å². The molecule has 0 saturated carbocycles. The van der Waals surface area contributed by atoms with Crippen molar-refractivity contribution in [3.63, 3.8) is 0 Å². The summed E-state index contributed by atoms with van der Waals surface area (Å²) in [5.41, 5.74) is 6.70. The van der Waals surface area contributed by atoms with E-state index >= 15 is 0 Å². The Morgan fingerprint density at radius 1 is 1.14 bits per heavy atom. The van der Waals surface area contributed by atoms with Gasteiger partial charge in [-0.1, -0.05) is 30.3 Å². The lowest BCUT2D eigenvalue weighted by Crippen LogP contribution is -2.19. The second kappa shape index (κ2) is 6.02. The summed E-state index contributed by atoms with van der Waals surface area (Å²) in [7, 11) is 4.19. The number of aryl methyl sites for hydroxylation is 1. The minimum atomic E-state index is 0.401. The highest BCUT2D eigenvalue weighted by Gasteiger charge is 2.20. The predicted octanol–water partition coefficient (Wildman–Crippen LogP) is 4.46. The molecule has 0 spiro atoms. The van der Waals surface area contributed by atoms with E-state index in [9.17, 15) is 0 Å². The van der Waals surface area contributed by atoms with E-state index in [2.05, 4.69) is 73.7 Å². The zero-order valence-corrected chi connectivity index (χ0v) is 13.7. The van der Waals surface area contributed by atoms with Crippen LogP contribution in [0.1, 0.15) is 22.7 Å². The summed E-state index contributed by atoms with van der Waals surface area (Å²) < 4.78 is 0. The first-order valence-electron chi connectivity index (χ1n) is 7.35. The van der Waals surface area contributed by atoms with E-state index in [4.69, 9.17) is 0 Å². The van der Waals surface area contributed by atoms with Crippen molar-refractivity contribution in [1.82, 2.24) is 0 Å². The van der Waals surface area contributed by atoms with E-state index in [0.717, 1.165) is 11.5 Å². The van der Waals surface area contributed by atoms with Crippen LogP contribution in [0.2, 0.25) is 0 Å². The van der Waals surface area contributed by atoms with Crippen molar-refractivity contribution in [2.75, 3.05) is 30.1 Å². The number of hydrogen-bond acceptors (Lipinski definition) is 3. The van der Waals surface area contributed by atoms with E-state index in [0.29, 0.717) is 6.04 Å². The van der Waals surface area contributed by atoms with Crippen LogP contribution in [0.4, 0.5) is 11.4 Å². The van der Waals surface area contributed by atoms with Crippen molar-refractivity contribution in [2.24, 2.45) is 0 Å². The van der Waals surface area contributed by atoms with Gasteiger partial charge in [0.15, 0.2) is 0 Å². The summed E-state index contributed by atoms with van der Waals surface area (Å²) in [6.45, 7) is 2.16. The van der Waals surface area contributed by atoms with E-state index in [1.165, 1.54) is 28.1 Å². The third-order valence-corrected chi connectivity index (χ3v) is 5.09. The summed E-state index contributed by atoms with van der Waals surface area (Å²) in [6.07, 6.45) is 0. The molecule has 0 radical (unpaired) electrons. The Labute approximate surface area is 131 Å². The molecule has 1 N–H and O–H groups in total. The Kier molecular flexibility index (Phi) is 4.11. The average molecular weight is 298 g/mol. The van der Waals surface area contributed by atoms with Crippen molar-refractivity contribution in [3.05, 3.63) is 59.2 Å². The Balaban J connectivity index is 1.86. The summed E-state index contributed by atoms with van der Waals surface area (Å²) in [4.78, 5) is 2.17. The first kappa shape index (κ1) is 14.3. The highest BCUT2D eigenvalue weighted by Crippen LogP contribution is 2.34. The third-order valence-electron chi connectivity index (χ3n) is 4.00. The van der Waals surface area contributed by atoms with Crippen LogP contribution in [-0.2, 0) is 5.75 Å². The van der Waals surface area contributed by atoms with Gasteiger partial charge in [0.25, 0.3) is 0 Å². The fourth-order valence-electron chi connectivity index (χ4n) is 2.88. The molecule has 1 atom stereocenters. The van der Waals surface area contributed by atoms with Gasteiger partial charge in [-0.25, -0.2) is 0 Å². The number of anilines is 2. The molecule has 2 aromatic carbocycles. The van der Waals surface area contributed by atoms with Crippen molar-refractivity contribution < 1.29 is 0 Å². The molecule has 3 heteroatoms. The van der Waals surface area contributed by atoms with Gasteiger partial charge in [-0.3, -0.25) is 0 Å². The Hall–Kier alpha value is -1.61. The number of nitrogens with zero attached hydrogens (tertiary/aromatic N) is 1. The number of rotatable bonds is 3. The number of fused-ring (bicyclic) bond motifs is 1. The minimum Gasteiger partial charge on any atom is -0.377 e. The van der Waals surface area contributed by atoms with Crippen LogP contribution >= 0.6 is 11.8 Å². The van der Waals surface area contributed by atoms with Crippen LogP contribution in [0, 0.1) is 6.92 Å². The minimum absolute atomic E-state index is 0.401. The van der Waals surface area contributed by atoms with E-state index in [1.807, 2.05) is 11.8 Å². The highest BCUT2D eigenvalue weighted by atomic mass is 32.2. The quantitative estimate of drug-likeness (QED) is 0.900. The summed E-state index contributed by atoms with van der Waals surface area (Å²) in [5.74, 6) is 2.26. The van der Waals surface area contributed by atoms with Gasteiger partial charge >= 0.3 is 0 Å². The van der Waals surface area contributed by atoms with Gasteiger partial charge in [0, 0.05) is 37.0 Å². The van der Waals surface area contributed by atoms with Gasteiger partial charge in [0.05, 0.1) is 6.04 Å². The SMILES string of the molecule is Cc1ccc(NC2CSCc3ccccc32)cc1N(C)C. The summed E-state index contributed by atoms with van der Waals surface area (Å²) in [5, 5.41) is 3.71. The topological polar surface area (TPSA) is 15.3 Å². The van der Waals surface area contributed by atoms with Crippen LogP contribution in [0.3, 0.4) is 0 Å². The summed E-state index contributed by atoms with van der Waals surface area (Å²) >= 11 is 2.01.